The molecule has 0 radical (unpaired) electrons. The third kappa shape index (κ3) is 1.98. The van der Waals surface area contributed by atoms with Gasteiger partial charge in [-0.1, -0.05) is 0 Å². The summed E-state index contributed by atoms with van der Waals surface area (Å²) in [6.45, 7) is 0. The highest BCUT2D eigenvalue weighted by Crippen LogP contribution is 2.56. The molecule has 0 unspecified atom stereocenters. The second-order valence-electron chi connectivity index (χ2n) is 7.09. The van der Waals surface area contributed by atoms with Crippen LogP contribution in [-0.4, -0.2) is 21.6 Å². The largest absolute Gasteiger partial charge is 0.478 e. The van der Waals surface area contributed by atoms with E-state index in [1.54, 1.807) is 12.3 Å². The number of pyridine rings is 1. The zero-order valence-corrected chi connectivity index (χ0v) is 11.5. The van der Waals surface area contributed by atoms with E-state index in [2.05, 4.69) is 10.3 Å². The molecule has 0 saturated heterocycles. The summed E-state index contributed by atoms with van der Waals surface area (Å²) in [6.07, 6.45) is 11.1. The molecule has 4 saturated carbocycles. The van der Waals surface area contributed by atoms with Gasteiger partial charge in [0.2, 0.25) is 0 Å². The summed E-state index contributed by atoms with van der Waals surface area (Å²) in [6, 6.07) is 1.72. The van der Waals surface area contributed by atoms with Crippen LogP contribution >= 0.6 is 0 Å². The number of carbonyl (C=O) groups is 1. The van der Waals surface area contributed by atoms with Crippen LogP contribution in [0.1, 0.15) is 48.9 Å². The zero-order valence-electron chi connectivity index (χ0n) is 11.5. The molecule has 20 heavy (non-hydrogen) atoms. The summed E-state index contributed by atoms with van der Waals surface area (Å²) in [7, 11) is 0. The number of aromatic nitrogens is 1. The van der Waals surface area contributed by atoms with Crippen molar-refractivity contribution in [2.24, 2.45) is 17.8 Å². The highest BCUT2D eigenvalue weighted by molar-refractivity contribution is 5.88. The summed E-state index contributed by atoms with van der Waals surface area (Å²) < 4.78 is 0. The van der Waals surface area contributed by atoms with Crippen molar-refractivity contribution in [1.82, 2.24) is 4.98 Å². The molecule has 0 spiro atoms. The normalized spacial score (nSPS) is 37.9. The van der Waals surface area contributed by atoms with Gasteiger partial charge in [-0.2, -0.15) is 0 Å². The molecule has 4 fully saturated rings. The molecule has 1 aromatic heterocycles. The highest BCUT2D eigenvalue weighted by Gasteiger charge is 2.50. The van der Waals surface area contributed by atoms with Crippen LogP contribution < -0.4 is 5.32 Å². The number of aromatic carboxylic acids is 1. The predicted octanol–water partition coefficient (Wildman–Crippen LogP) is 3.16. The molecule has 4 aliphatic rings. The summed E-state index contributed by atoms with van der Waals surface area (Å²) >= 11 is 0. The number of hydrogen-bond donors (Lipinski definition) is 2. The number of rotatable bonds is 3. The van der Waals surface area contributed by atoms with Gasteiger partial charge in [0.1, 0.15) is 0 Å². The lowest BCUT2D eigenvalue weighted by atomic mass is 9.53. The summed E-state index contributed by atoms with van der Waals surface area (Å²) in [4.78, 5) is 15.1. The Hall–Kier alpha value is -1.58. The Kier molecular flexibility index (Phi) is 2.56. The average molecular weight is 272 g/mol. The highest BCUT2D eigenvalue weighted by atomic mass is 16.4. The SMILES string of the molecule is O=C(O)c1cncc(NC23CC4CC(CC(C4)C2)C3)c1. The fourth-order valence-electron chi connectivity index (χ4n) is 5.20. The van der Waals surface area contributed by atoms with Gasteiger partial charge in [0, 0.05) is 17.9 Å². The van der Waals surface area contributed by atoms with Crippen molar-refractivity contribution in [2.45, 2.75) is 44.1 Å². The average Bonchev–Trinajstić information content (AvgIpc) is 2.36. The minimum Gasteiger partial charge on any atom is -0.478 e. The van der Waals surface area contributed by atoms with Crippen molar-refractivity contribution < 1.29 is 9.90 Å². The minimum atomic E-state index is -0.910. The zero-order chi connectivity index (χ0) is 13.7. The molecule has 0 atom stereocenters. The Morgan fingerprint density at radius 1 is 1.15 bits per heavy atom. The van der Waals surface area contributed by atoms with E-state index in [1.165, 1.54) is 44.7 Å². The minimum absolute atomic E-state index is 0.202. The lowest BCUT2D eigenvalue weighted by Gasteiger charge is -2.57. The van der Waals surface area contributed by atoms with Crippen molar-refractivity contribution in [3.63, 3.8) is 0 Å². The van der Waals surface area contributed by atoms with Crippen molar-refractivity contribution in [2.75, 3.05) is 5.32 Å². The Morgan fingerprint density at radius 3 is 2.30 bits per heavy atom. The first-order chi connectivity index (χ1) is 9.62. The molecule has 1 heterocycles. The van der Waals surface area contributed by atoms with Gasteiger partial charge in [0.15, 0.2) is 0 Å². The summed E-state index contributed by atoms with van der Waals surface area (Å²) in [5.74, 6) is 1.73. The number of nitrogens with zero attached hydrogens (tertiary/aromatic N) is 1. The fourth-order valence-corrected chi connectivity index (χ4v) is 5.20. The van der Waals surface area contributed by atoms with Crippen LogP contribution in [0.25, 0.3) is 0 Å². The summed E-state index contributed by atoms with van der Waals surface area (Å²) in [5, 5.41) is 12.7. The van der Waals surface area contributed by atoms with Gasteiger partial charge in [0.05, 0.1) is 11.3 Å². The Bertz CT molecular complexity index is 520. The first kappa shape index (κ1) is 12.2. The summed E-state index contributed by atoms with van der Waals surface area (Å²) in [5.41, 5.74) is 1.33. The second kappa shape index (κ2) is 4.21. The molecule has 0 aromatic carbocycles. The third-order valence-electron chi connectivity index (χ3n) is 5.43. The van der Waals surface area contributed by atoms with Crippen molar-refractivity contribution in [3.8, 4) is 0 Å². The topological polar surface area (TPSA) is 62.2 Å². The van der Waals surface area contributed by atoms with E-state index in [4.69, 9.17) is 5.11 Å². The monoisotopic (exact) mass is 272 g/mol. The standard InChI is InChI=1S/C16H20N2O2/c19-15(20)13-4-14(9-17-8-13)18-16-5-10-1-11(6-16)3-12(2-10)7-16/h4,8-12,18H,1-3,5-7H2,(H,19,20). The van der Waals surface area contributed by atoms with Crippen LogP contribution in [0.4, 0.5) is 5.69 Å². The van der Waals surface area contributed by atoms with E-state index in [0.29, 0.717) is 0 Å². The van der Waals surface area contributed by atoms with Gasteiger partial charge in [-0.15, -0.1) is 0 Å². The Morgan fingerprint density at radius 2 is 1.75 bits per heavy atom. The molecule has 1 aromatic rings. The third-order valence-corrected chi connectivity index (χ3v) is 5.43. The van der Waals surface area contributed by atoms with Crippen LogP contribution in [0, 0.1) is 17.8 Å². The van der Waals surface area contributed by atoms with E-state index >= 15 is 0 Å². The van der Waals surface area contributed by atoms with Crippen LogP contribution in [0.2, 0.25) is 0 Å². The lowest BCUT2D eigenvalue weighted by molar-refractivity contribution is 0.0107. The van der Waals surface area contributed by atoms with Crippen LogP contribution in [-0.2, 0) is 0 Å². The smallest absolute Gasteiger partial charge is 0.337 e. The van der Waals surface area contributed by atoms with Gasteiger partial charge in [-0.05, 0) is 62.3 Å². The van der Waals surface area contributed by atoms with Gasteiger partial charge < -0.3 is 10.4 Å². The van der Waals surface area contributed by atoms with E-state index in [9.17, 15) is 4.79 Å². The maximum Gasteiger partial charge on any atom is 0.337 e. The molecule has 106 valence electrons. The van der Waals surface area contributed by atoms with Crippen molar-refractivity contribution >= 4 is 11.7 Å². The van der Waals surface area contributed by atoms with Crippen molar-refractivity contribution in [3.05, 3.63) is 24.0 Å². The van der Waals surface area contributed by atoms with E-state index in [-0.39, 0.29) is 11.1 Å². The van der Waals surface area contributed by atoms with Crippen molar-refractivity contribution in [1.29, 1.82) is 0 Å². The van der Waals surface area contributed by atoms with E-state index in [0.717, 1.165) is 23.4 Å². The molecular formula is C16H20N2O2. The second-order valence-corrected chi connectivity index (χ2v) is 7.09. The van der Waals surface area contributed by atoms with Crippen LogP contribution in [0.5, 0.6) is 0 Å². The number of nitrogens with one attached hydrogen (secondary N) is 1. The molecule has 2 N–H and O–H groups in total. The maximum absolute atomic E-state index is 11.0. The Balaban J connectivity index is 1.59. The van der Waals surface area contributed by atoms with E-state index < -0.39 is 5.97 Å². The number of carboxylic acids is 1. The lowest BCUT2D eigenvalue weighted by Crippen LogP contribution is -2.54. The quantitative estimate of drug-likeness (QED) is 0.887. The van der Waals surface area contributed by atoms with E-state index in [1.807, 2.05) is 0 Å². The predicted molar refractivity (Wildman–Crippen MR) is 75.7 cm³/mol. The number of carboxylic acid groups (broad SMARTS) is 1. The molecule has 4 bridgehead atoms. The molecule has 0 amide bonds. The number of hydrogen-bond acceptors (Lipinski definition) is 3. The van der Waals surface area contributed by atoms with Gasteiger partial charge >= 0.3 is 5.97 Å². The molecule has 4 nitrogen and oxygen atoms in total. The molecule has 0 aliphatic heterocycles. The van der Waals surface area contributed by atoms with Gasteiger partial charge in [-0.3, -0.25) is 4.98 Å². The number of anilines is 1. The van der Waals surface area contributed by atoms with Crippen LogP contribution in [0.15, 0.2) is 18.5 Å². The van der Waals surface area contributed by atoms with Crippen LogP contribution in [0.3, 0.4) is 0 Å². The molecule has 4 aliphatic carbocycles. The first-order valence-corrected chi connectivity index (χ1v) is 7.58. The fraction of sp³-hybridized carbons (Fsp3) is 0.625. The maximum atomic E-state index is 11.0. The first-order valence-electron chi connectivity index (χ1n) is 7.58. The Labute approximate surface area is 118 Å². The van der Waals surface area contributed by atoms with Gasteiger partial charge in [-0.25, -0.2) is 4.79 Å². The molecule has 4 heteroatoms. The van der Waals surface area contributed by atoms with Gasteiger partial charge in [0.25, 0.3) is 0 Å². The molecule has 5 rings (SSSR count). The molecular weight excluding hydrogens is 252 g/mol.